The van der Waals surface area contributed by atoms with Crippen LogP contribution < -0.4 is 10.6 Å². The molecule has 1 heterocycles. The molecule has 20 heavy (non-hydrogen) atoms. The zero-order valence-corrected chi connectivity index (χ0v) is 12.3. The zero-order valence-electron chi connectivity index (χ0n) is 12.3. The minimum Gasteiger partial charge on any atom is -0.388 e. The highest BCUT2D eigenvalue weighted by molar-refractivity contribution is 5.94. The Morgan fingerprint density at radius 1 is 1.45 bits per heavy atom. The van der Waals surface area contributed by atoms with E-state index in [0.717, 1.165) is 25.9 Å². The molecule has 0 spiro atoms. The van der Waals surface area contributed by atoms with Gasteiger partial charge in [-0.15, -0.1) is 0 Å². The highest BCUT2D eigenvalue weighted by Gasteiger charge is 2.20. The zero-order chi connectivity index (χ0) is 14.6. The van der Waals surface area contributed by atoms with E-state index in [1.807, 2.05) is 25.1 Å². The minimum atomic E-state index is -0.833. The van der Waals surface area contributed by atoms with Crippen molar-refractivity contribution in [1.82, 2.24) is 10.6 Å². The van der Waals surface area contributed by atoms with Gasteiger partial charge < -0.3 is 15.7 Å². The quantitative estimate of drug-likeness (QED) is 0.766. The number of benzene rings is 1. The maximum absolute atomic E-state index is 12.1. The summed E-state index contributed by atoms with van der Waals surface area (Å²) in [7, 11) is 0. The maximum Gasteiger partial charge on any atom is 0.251 e. The van der Waals surface area contributed by atoms with E-state index in [-0.39, 0.29) is 12.5 Å². The van der Waals surface area contributed by atoms with E-state index < -0.39 is 5.60 Å². The predicted molar refractivity (Wildman–Crippen MR) is 79.7 cm³/mol. The molecule has 0 aliphatic carbocycles. The fourth-order valence-corrected chi connectivity index (χ4v) is 2.62. The minimum absolute atomic E-state index is 0.116. The summed E-state index contributed by atoms with van der Waals surface area (Å²) >= 11 is 0. The monoisotopic (exact) mass is 276 g/mol. The molecule has 4 heteroatoms. The van der Waals surface area contributed by atoms with Crippen LogP contribution in [-0.2, 0) is 13.0 Å². The van der Waals surface area contributed by atoms with E-state index >= 15 is 0 Å². The van der Waals surface area contributed by atoms with E-state index in [1.165, 1.54) is 11.1 Å². The lowest BCUT2D eigenvalue weighted by molar-refractivity contribution is 0.0469. The van der Waals surface area contributed by atoms with Crippen LogP contribution in [0.2, 0.25) is 0 Å². The van der Waals surface area contributed by atoms with Gasteiger partial charge in [0, 0.05) is 18.7 Å². The van der Waals surface area contributed by atoms with Crippen LogP contribution in [0.1, 0.15) is 48.2 Å². The van der Waals surface area contributed by atoms with Gasteiger partial charge in [0.1, 0.15) is 0 Å². The van der Waals surface area contributed by atoms with E-state index in [2.05, 4.69) is 10.6 Å². The average Bonchev–Trinajstić information content (AvgIpc) is 2.44. The maximum atomic E-state index is 12.1. The highest BCUT2D eigenvalue weighted by Crippen LogP contribution is 2.16. The number of aliphatic hydroxyl groups is 1. The Kier molecular flexibility index (Phi) is 4.78. The first-order valence-corrected chi connectivity index (χ1v) is 7.35. The first-order chi connectivity index (χ1) is 9.52. The summed E-state index contributed by atoms with van der Waals surface area (Å²) in [5.41, 5.74) is 2.35. The topological polar surface area (TPSA) is 61.4 Å². The summed E-state index contributed by atoms with van der Waals surface area (Å²) in [5.74, 6) is -0.116. The Morgan fingerprint density at radius 2 is 2.25 bits per heavy atom. The molecule has 2 rings (SSSR count). The molecule has 0 bridgehead atoms. The van der Waals surface area contributed by atoms with Crippen LogP contribution in [0.5, 0.6) is 0 Å². The normalized spacial score (nSPS) is 17.1. The van der Waals surface area contributed by atoms with Crippen LogP contribution in [0.15, 0.2) is 18.2 Å². The second-order valence-corrected chi connectivity index (χ2v) is 5.84. The van der Waals surface area contributed by atoms with Gasteiger partial charge in [-0.25, -0.2) is 0 Å². The molecule has 1 aromatic carbocycles. The molecule has 1 aliphatic heterocycles. The summed E-state index contributed by atoms with van der Waals surface area (Å²) < 4.78 is 0. The van der Waals surface area contributed by atoms with E-state index in [9.17, 15) is 9.90 Å². The number of hydrogen-bond donors (Lipinski definition) is 3. The Labute approximate surface area is 120 Å². The Hall–Kier alpha value is -1.39. The van der Waals surface area contributed by atoms with Crippen molar-refractivity contribution >= 4 is 5.91 Å². The molecule has 0 fully saturated rings. The number of amides is 1. The third-order valence-electron chi connectivity index (χ3n) is 3.77. The van der Waals surface area contributed by atoms with Gasteiger partial charge in [0.15, 0.2) is 0 Å². The summed E-state index contributed by atoms with van der Waals surface area (Å²) in [6.45, 7) is 5.89. The molecular formula is C16H24N2O2. The lowest BCUT2D eigenvalue weighted by atomic mass is 9.98. The molecule has 1 unspecified atom stereocenters. The van der Waals surface area contributed by atoms with Crippen molar-refractivity contribution < 1.29 is 9.90 Å². The van der Waals surface area contributed by atoms with Crippen LogP contribution in [0, 0.1) is 0 Å². The lowest BCUT2D eigenvalue weighted by Crippen LogP contribution is -2.40. The van der Waals surface area contributed by atoms with Crippen molar-refractivity contribution in [2.24, 2.45) is 0 Å². The van der Waals surface area contributed by atoms with E-state index in [0.29, 0.717) is 12.0 Å². The van der Waals surface area contributed by atoms with Crippen LogP contribution in [-0.4, -0.2) is 29.7 Å². The number of fused-ring (bicyclic) bond motifs is 1. The van der Waals surface area contributed by atoms with Gasteiger partial charge in [-0.2, -0.15) is 0 Å². The Bertz CT molecular complexity index is 483. The van der Waals surface area contributed by atoms with Crippen molar-refractivity contribution in [2.75, 3.05) is 13.1 Å². The molecular weight excluding hydrogens is 252 g/mol. The molecule has 1 atom stereocenters. The third-order valence-corrected chi connectivity index (χ3v) is 3.77. The summed E-state index contributed by atoms with van der Waals surface area (Å²) in [6.07, 6.45) is 2.59. The van der Waals surface area contributed by atoms with Gasteiger partial charge >= 0.3 is 0 Å². The predicted octanol–water partition coefficient (Wildman–Crippen LogP) is 1.61. The largest absolute Gasteiger partial charge is 0.388 e. The SMILES string of the molecule is CCCC(C)(O)CNC(=O)c1ccc2c(c1)CNCC2. The van der Waals surface area contributed by atoms with Crippen LogP contribution in [0.4, 0.5) is 0 Å². The molecule has 1 amide bonds. The molecule has 3 N–H and O–H groups in total. The van der Waals surface area contributed by atoms with Gasteiger partial charge in [0.25, 0.3) is 5.91 Å². The van der Waals surface area contributed by atoms with Gasteiger partial charge in [-0.05, 0) is 49.6 Å². The van der Waals surface area contributed by atoms with Crippen molar-refractivity contribution in [3.8, 4) is 0 Å². The van der Waals surface area contributed by atoms with Gasteiger partial charge in [-0.1, -0.05) is 19.4 Å². The van der Waals surface area contributed by atoms with Crippen molar-refractivity contribution in [3.63, 3.8) is 0 Å². The van der Waals surface area contributed by atoms with Crippen molar-refractivity contribution in [1.29, 1.82) is 0 Å². The molecule has 0 saturated carbocycles. The molecule has 0 aromatic heterocycles. The number of hydrogen-bond acceptors (Lipinski definition) is 3. The number of rotatable bonds is 5. The molecule has 1 aromatic rings. The third kappa shape index (κ3) is 3.81. The standard InChI is InChI=1S/C16H24N2O2/c1-3-7-16(2,20)11-18-15(19)13-5-4-12-6-8-17-10-14(12)9-13/h4-5,9,17,20H,3,6-8,10-11H2,1-2H3,(H,18,19). The van der Waals surface area contributed by atoms with E-state index in [4.69, 9.17) is 0 Å². The fraction of sp³-hybridized carbons (Fsp3) is 0.562. The summed E-state index contributed by atoms with van der Waals surface area (Å²) in [6, 6.07) is 5.86. The van der Waals surface area contributed by atoms with Crippen LogP contribution in [0.25, 0.3) is 0 Å². The van der Waals surface area contributed by atoms with Gasteiger partial charge in [0.05, 0.1) is 5.60 Å². The van der Waals surface area contributed by atoms with Crippen LogP contribution >= 0.6 is 0 Å². The summed E-state index contributed by atoms with van der Waals surface area (Å²) in [5, 5.41) is 16.2. The molecule has 0 radical (unpaired) electrons. The number of carbonyl (C=O) groups excluding carboxylic acids is 1. The van der Waals surface area contributed by atoms with Crippen molar-refractivity contribution in [3.05, 3.63) is 34.9 Å². The fourth-order valence-electron chi connectivity index (χ4n) is 2.62. The molecule has 4 nitrogen and oxygen atoms in total. The lowest BCUT2D eigenvalue weighted by Gasteiger charge is -2.23. The molecule has 110 valence electrons. The molecule has 1 aliphatic rings. The Balaban J connectivity index is 1.99. The van der Waals surface area contributed by atoms with Gasteiger partial charge in [-0.3, -0.25) is 4.79 Å². The summed E-state index contributed by atoms with van der Waals surface area (Å²) in [4.78, 5) is 12.1. The van der Waals surface area contributed by atoms with Crippen LogP contribution in [0.3, 0.4) is 0 Å². The first kappa shape index (κ1) is 15.0. The van der Waals surface area contributed by atoms with E-state index in [1.54, 1.807) is 6.92 Å². The molecule has 0 saturated heterocycles. The average molecular weight is 276 g/mol. The number of carbonyl (C=O) groups is 1. The highest BCUT2D eigenvalue weighted by atomic mass is 16.3. The smallest absolute Gasteiger partial charge is 0.251 e. The van der Waals surface area contributed by atoms with Gasteiger partial charge in [0.2, 0.25) is 0 Å². The van der Waals surface area contributed by atoms with Crippen molar-refractivity contribution in [2.45, 2.75) is 45.3 Å². The Morgan fingerprint density at radius 3 is 3.00 bits per heavy atom. The first-order valence-electron chi connectivity index (χ1n) is 7.35. The second-order valence-electron chi connectivity index (χ2n) is 5.84. The second kappa shape index (κ2) is 6.37. The number of nitrogens with one attached hydrogen (secondary N) is 2.